The zero-order valence-corrected chi connectivity index (χ0v) is 15.5. The van der Waals surface area contributed by atoms with E-state index in [-0.39, 0.29) is 11.9 Å². The van der Waals surface area contributed by atoms with Gasteiger partial charge in [0, 0.05) is 32.1 Å². The van der Waals surface area contributed by atoms with E-state index in [1.807, 2.05) is 18.2 Å². The Morgan fingerprint density at radius 1 is 1.28 bits per heavy atom. The predicted molar refractivity (Wildman–Crippen MR) is 97.3 cm³/mol. The molecule has 1 heterocycles. The van der Waals surface area contributed by atoms with E-state index >= 15 is 0 Å². The van der Waals surface area contributed by atoms with Crippen molar-refractivity contribution in [2.75, 3.05) is 47.1 Å². The summed E-state index contributed by atoms with van der Waals surface area (Å²) in [4.78, 5) is 14.6. The molecule has 0 aromatic heterocycles. The molecule has 0 spiro atoms. The van der Waals surface area contributed by atoms with Gasteiger partial charge >= 0.3 is 0 Å². The van der Waals surface area contributed by atoms with Crippen LogP contribution in [0.5, 0.6) is 11.5 Å². The van der Waals surface area contributed by atoms with Crippen molar-refractivity contribution in [2.45, 2.75) is 32.2 Å². The first-order valence-electron chi connectivity index (χ1n) is 8.93. The van der Waals surface area contributed by atoms with E-state index in [1.165, 1.54) is 0 Å². The highest BCUT2D eigenvalue weighted by Crippen LogP contribution is 2.31. The minimum absolute atomic E-state index is 0.0688. The van der Waals surface area contributed by atoms with Gasteiger partial charge in [-0.05, 0) is 31.4 Å². The molecule has 1 aliphatic rings. The standard InChI is InChI=1S/C19H30N2O4/c1-15(9-10-21-11-13-25-14-12-21)20-18(22)8-7-16-5-4-6-17(23-2)19(16)24-3/h4-6,15H,7-14H2,1-3H3,(H,20,22). The molecule has 1 aromatic carbocycles. The largest absolute Gasteiger partial charge is 0.493 e. The van der Waals surface area contributed by atoms with Gasteiger partial charge in [0.15, 0.2) is 11.5 Å². The second kappa shape index (κ2) is 10.3. The third kappa shape index (κ3) is 6.21. The number of carbonyl (C=O) groups is 1. The SMILES string of the molecule is COc1cccc(CCC(=O)NC(C)CCN2CCOCC2)c1OC. The molecule has 1 aromatic rings. The summed E-state index contributed by atoms with van der Waals surface area (Å²) in [7, 11) is 3.24. The monoisotopic (exact) mass is 350 g/mol. The van der Waals surface area contributed by atoms with Crippen molar-refractivity contribution in [3.05, 3.63) is 23.8 Å². The quantitative estimate of drug-likeness (QED) is 0.737. The zero-order chi connectivity index (χ0) is 18.1. The first-order valence-corrected chi connectivity index (χ1v) is 8.93. The first-order chi connectivity index (χ1) is 12.1. The summed E-state index contributed by atoms with van der Waals surface area (Å²) in [5.41, 5.74) is 0.984. The lowest BCUT2D eigenvalue weighted by atomic mass is 10.1. The van der Waals surface area contributed by atoms with Gasteiger partial charge in [-0.25, -0.2) is 0 Å². The molecule has 140 valence electrons. The summed E-state index contributed by atoms with van der Waals surface area (Å²) in [5, 5.41) is 3.09. The third-order valence-electron chi connectivity index (χ3n) is 4.50. The molecule has 25 heavy (non-hydrogen) atoms. The van der Waals surface area contributed by atoms with Gasteiger partial charge in [-0.1, -0.05) is 12.1 Å². The summed E-state index contributed by atoms with van der Waals surface area (Å²) in [6.07, 6.45) is 2.02. The second-order valence-electron chi connectivity index (χ2n) is 6.36. The highest BCUT2D eigenvalue weighted by molar-refractivity contribution is 5.76. The normalized spacial score (nSPS) is 16.3. The number of carbonyl (C=O) groups excluding carboxylic acids is 1. The van der Waals surface area contributed by atoms with E-state index in [2.05, 4.69) is 17.1 Å². The highest BCUT2D eigenvalue weighted by Gasteiger charge is 2.14. The Hall–Kier alpha value is -1.79. The average Bonchev–Trinajstić information content (AvgIpc) is 2.65. The second-order valence-corrected chi connectivity index (χ2v) is 6.36. The molecule has 0 radical (unpaired) electrons. The van der Waals surface area contributed by atoms with Crippen LogP contribution in [0.4, 0.5) is 0 Å². The summed E-state index contributed by atoms with van der Waals surface area (Å²) < 4.78 is 16.1. The van der Waals surface area contributed by atoms with E-state index in [9.17, 15) is 4.79 Å². The van der Waals surface area contributed by atoms with Gasteiger partial charge in [0.05, 0.1) is 27.4 Å². The van der Waals surface area contributed by atoms with Crippen LogP contribution in [0.25, 0.3) is 0 Å². The maximum atomic E-state index is 12.2. The molecule has 2 rings (SSSR count). The third-order valence-corrected chi connectivity index (χ3v) is 4.50. The van der Waals surface area contributed by atoms with Crippen molar-refractivity contribution in [1.82, 2.24) is 10.2 Å². The van der Waals surface area contributed by atoms with Crippen molar-refractivity contribution in [3.8, 4) is 11.5 Å². The molecule has 1 fully saturated rings. The van der Waals surface area contributed by atoms with Gasteiger partial charge in [-0.2, -0.15) is 0 Å². The van der Waals surface area contributed by atoms with Crippen molar-refractivity contribution in [2.24, 2.45) is 0 Å². The molecule has 0 bridgehead atoms. The minimum Gasteiger partial charge on any atom is -0.493 e. The van der Waals surface area contributed by atoms with Crippen LogP contribution in [0.3, 0.4) is 0 Å². The number of benzene rings is 1. The Balaban J connectivity index is 1.74. The number of hydrogen-bond donors (Lipinski definition) is 1. The van der Waals surface area contributed by atoms with Crippen LogP contribution in [0.1, 0.15) is 25.3 Å². The maximum Gasteiger partial charge on any atom is 0.220 e. The van der Waals surface area contributed by atoms with Gasteiger partial charge < -0.3 is 19.5 Å². The fourth-order valence-corrected chi connectivity index (χ4v) is 3.02. The summed E-state index contributed by atoms with van der Waals surface area (Å²) in [6.45, 7) is 6.64. The van der Waals surface area contributed by atoms with Crippen LogP contribution in [0.15, 0.2) is 18.2 Å². The van der Waals surface area contributed by atoms with E-state index in [0.717, 1.165) is 44.8 Å². The molecule has 0 saturated carbocycles. The zero-order valence-electron chi connectivity index (χ0n) is 15.5. The maximum absolute atomic E-state index is 12.2. The number of hydrogen-bond acceptors (Lipinski definition) is 5. The molecular weight excluding hydrogens is 320 g/mol. The molecule has 0 aliphatic carbocycles. The van der Waals surface area contributed by atoms with Crippen molar-refractivity contribution in [1.29, 1.82) is 0 Å². The highest BCUT2D eigenvalue weighted by atomic mass is 16.5. The summed E-state index contributed by atoms with van der Waals surface area (Å²) in [6, 6.07) is 5.91. The van der Waals surface area contributed by atoms with Gasteiger partial charge in [0.1, 0.15) is 0 Å². The lowest BCUT2D eigenvalue weighted by Gasteiger charge is -2.27. The van der Waals surface area contributed by atoms with Gasteiger partial charge in [-0.15, -0.1) is 0 Å². The number of nitrogens with one attached hydrogen (secondary N) is 1. The fraction of sp³-hybridized carbons (Fsp3) is 0.632. The molecule has 1 amide bonds. The van der Waals surface area contributed by atoms with Crippen LogP contribution in [-0.2, 0) is 16.0 Å². The molecule has 1 N–H and O–H groups in total. The average molecular weight is 350 g/mol. The van der Waals surface area contributed by atoms with E-state index in [4.69, 9.17) is 14.2 Å². The number of nitrogens with zero attached hydrogens (tertiary/aromatic N) is 1. The molecule has 1 aliphatic heterocycles. The lowest BCUT2D eigenvalue weighted by molar-refractivity contribution is -0.121. The Bertz CT molecular complexity index is 544. The molecular formula is C19H30N2O4. The van der Waals surface area contributed by atoms with Crippen LogP contribution in [-0.4, -0.2) is 63.9 Å². The van der Waals surface area contributed by atoms with Crippen molar-refractivity contribution >= 4 is 5.91 Å². The number of aryl methyl sites for hydroxylation is 1. The summed E-state index contributed by atoms with van der Waals surface area (Å²) >= 11 is 0. The number of amides is 1. The van der Waals surface area contributed by atoms with E-state index in [0.29, 0.717) is 24.3 Å². The van der Waals surface area contributed by atoms with Gasteiger partial charge in [-0.3, -0.25) is 9.69 Å². The van der Waals surface area contributed by atoms with Gasteiger partial charge in [0.2, 0.25) is 5.91 Å². The Labute approximate surface area is 150 Å². The predicted octanol–water partition coefficient (Wildman–Crippen LogP) is 1.86. The number of para-hydroxylation sites is 1. The van der Waals surface area contributed by atoms with Crippen molar-refractivity contribution in [3.63, 3.8) is 0 Å². The smallest absolute Gasteiger partial charge is 0.220 e. The Morgan fingerprint density at radius 3 is 2.72 bits per heavy atom. The molecule has 6 nitrogen and oxygen atoms in total. The number of ether oxygens (including phenoxy) is 3. The Kier molecular flexibility index (Phi) is 8.01. The number of methoxy groups -OCH3 is 2. The van der Waals surface area contributed by atoms with Gasteiger partial charge in [0.25, 0.3) is 0 Å². The number of rotatable bonds is 9. The van der Waals surface area contributed by atoms with Crippen molar-refractivity contribution < 1.29 is 19.0 Å². The lowest BCUT2D eigenvalue weighted by Crippen LogP contribution is -2.40. The topological polar surface area (TPSA) is 60.0 Å². The van der Waals surface area contributed by atoms with Crippen LogP contribution in [0.2, 0.25) is 0 Å². The van der Waals surface area contributed by atoms with E-state index in [1.54, 1.807) is 14.2 Å². The summed E-state index contributed by atoms with van der Waals surface area (Å²) in [5.74, 6) is 1.47. The van der Waals surface area contributed by atoms with E-state index < -0.39 is 0 Å². The number of morpholine rings is 1. The van der Waals surface area contributed by atoms with Crippen LogP contribution < -0.4 is 14.8 Å². The molecule has 1 saturated heterocycles. The van der Waals surface area contributed by atoms with Crippen LogP contribution >= 0.6 is 0 Å². The Morgan fingerprint density at radius 2 is 2.04 bits per heavy atom. The molecule has 6 heteroatoms. The first kappa shape index (κ1) is 19.5. The minimum atomic E-state index is 0.0688. The fourth-order valence-electron chi connectivity index (χ4n) is 3.02. The molecule has 1 atom stereocenters. The molecule has 1 unspecified atom stereocenters. The van der Waals surface area contributed by atoms with Crippen LogP contribution in [0, 0.1) is 0 Å².